The highest BCUT2D eigenvalue weighted by atomic mass is 19.4. The molecule has 42 heavy (non-hydrogen) atoms. The van der Waals surface area contributed by atoms with Gasteiger partial charge in [-0.25, -0.2) is 4.98 Å². The fourth-order valence-corrected chi connectivity index (χ4v) is 4.52. The Morgan fingerprint density at radius 1 is 0.786 bits per heavy atom. The smallest absolute Gasteiger partial charge is 0.345 e. The number of imidazole rings is 1. The van der Waals surface area contributed by atoms with Crippen LogP contribution < -0.4 is 10.6 Å². The summed E-state index contributed by atoms with van der Waals surface area (Å²) < 4.78 is 40.4. The van der Waals surface area contributed by atoms with Crippen LogP contribution in [-0.4, -0.2) is 21.4 Å². The van der Waals surface area contributed by atoms with Crippen molar-refractivity contribution in [2.75, 3.05) is 5.32 Å². The first-order chi connectivity index (χ1) is 20.1. The summed E-state index contributed by atoms with van der Waals surface area (Å²) in [7, 11) is 1.64. The molecule has 2 N–H and O–H groups in total. The van der Waals surface area contributed by atoms with Crippen LogP contribution in [0.5, 0.6) is 0 Å². The molecule has 0 bridgehead atoms. The van der Waals surface area contributed by atoms with Gasteiger partial charge < -0.3 is 15.2 Å². The number of carbonyl (C=O) groups excluding carboxylic acids is 2. The van der Waals surface area contributed by atoms with E-state index in [2.05, 4.69) is 39.9 Å². The van der Waals surface area contributed by atoms with Crippen LogP contribution in [0.15, 0.2) is 103 Å². The Morgan fingerprint density at radius 3 is 2.02 bits per heavy atom. The average Bonchev–Trinajstić information content (AvgIpc) is 3.36. The van der Waals surface area contributed by atoms with E-state index in [4.69, 9.17) is 0 Å². The van der Waals surface area contributed by atoms with Gasteiger partial charge in [-0.3, -0.25) is 9.59 Å². The van der Waals surface area contributed by atoms with Crippen LogP contribution in [0.25, 0.3) is 22.3 Å². The van der Waals surface area contributed by atoms with Gasteiger partial charge in [-0.15, -0.1) is 0 Å². The number of halogens is 3. The Balaban J connectivity index is 1.24. The lowest BCUT2D eigenvalue weighted by Crippen LogP contribution is -2.25. The largest absolute Gasteiger partial charge is 0.416 e. The van der Waals surface area contributed by atoms with Crippen molar-refractivity contribution in [2.45, 2.75) is 19.6 Å². The molecule has 0 saturated heterocycles. The van der Waals surface area contributed by atoms with E-state index in [0.29, 0.717) is 17.7 Å². The Hall–Kier alpha value is -5.18. The van der Waals surface area contributed by atoms with Gasteiger partial charge in [0.1, 0.15) is 0 Å². The highest BCUT2D eigenvalue weighted by molar-refractivity contribution is 6.08. The lowest BCUT2D eigenvalue weighted by Gasteiger charge is -2.11. The molecule has 0 radical (unpaired) electrons. The normalized spacial score (nSPS) is 11.3. The van der Waals surface area contributed by atoms with Gasteiger partial charge in [-0.2, -0.15) is 13.2 Å². The van der Waals surface area contributed by atoms with Crippen molar-refractivity contribution >= 4 is 17.6 Å². The number of rotatable bonds is 7. The minimum absolute atomic E-state index is 0.109. The number of alkyl halides is 3. The van der Waals surface area contributed by atoms with E-state index in [1.165, 1.54) is 28.5 Å². The average molecular weight is 569 g/mol. The number of nitrogens with zero attached hydrogens (tertiary/aromatic N) is 2. The van der Waals surface area contributed by atoms with E-state index < -0.39 is 23.6 Å². The molecular weight excluding hydrogens is 541 g/mol. The van der Waals surface area contributed by atoms with Gasteiger partial charge in [-0.05, 0) is 52.9 Å². The molecule has 0 aliphatic rings. The van der Waals surface area contributed by atoms with E-state index in [0.717, 1.165) is 28.8 Å². The van der Waals surface area contributed by atoms with Crippen LogP contribution in [0.3, 0.4) is 0 Å². The lowest BCUT2D eigenvalue weighted by atomic mass is 9.98. The third-order valence-electron chi connectivity index (χ3n) is 6.81. The van der Waals surface area contributed by atoms with E-state index in [1.54, 1.807) is 31.3 Å². The molecule has 2 amide bonds. The van der Waals surface area contributed by atoms with Crippen LogP contribution in [0, 0.1) is 6.92 Å². The molecule has 1 heterocycles. The summed E-state index contributed by atoms with van der Waals surface area (Å²) in [5.41, 5.74) is 4.71. The molecule has 0 aliphatic heterocycles. The quantitative estimate of drug-likeness (QED) is 0.217. The Labute approximate surface area is 240 Å². The molecule has 6 nitrogen and oxygen atoms in total. The summed E-state index contributed by atoms with van der Waals surface area (Å²) in [5.74, 6) is -0.648. The second-order valence-electron chi connectivity index (χ2n) is 9.88. The summed E-state index contributed by atoms with van der Waals surface area (Å²) in [6.07, 6.45) is -2.94. The number of hydrogen-bond acceptors (Lipinski definition) is 3. The zero-order chi connectivity index (χ0) is 29.9. The van der Waals surface area contributed by atoms with Crippen molar-refractivity contribution in [3.8, 4) is 22.3 Å². The second-order valence-corrected chi connectivity index (χ2v) is 9.88. The van der Waals surface area contributed by atoms with E-state index in [-0.39, 0.29) is 17.2 Å². The first-order valence-corrected chi connectivity index (χ1v) is 13.1. The number of amides is 2. The molecule has 0 spiro atoms. The van der Waals surface area contributed by atoms with Gasteiger partial charge in [0, 0.05) is 25.4 Å². The first kappa shape index (κ1) is 28.4. The fraction of sp³-hybridized carbons (Fsp3) is 0.121. The number of aryl methyl sites for hydroxylation is 2. The van der Waals surface area contributed by atoms with Gasteiger partial charge in [0.25, 0.3) is 11.8 Å². The standard InChI is InChI=1S/C33H27F3N4O2/c1-21-7-11-23(12-8-21)24-13-9-22(10-14-24)19-37-32(42)30-38-29(20-40(30)2)39-31(41)28-6-4-3-5-27(28)25-15-17-26(18-16-25)33(34,35)36/h3-18,20H,19H2,1-2H3,(H,37,42)(H,39,41). The van der Waals surface area contributed by atoms with E-state index >= 15 is 0 Å². The topological polar surface area (TPSA) is 76.0 Å². The number of benzene rings is 4. The minimum atomic E-state index is -4.45. The first-order valence-electron chi connectivity index (χ1n) is 13.1. The zero-order valence-electron chi connectivity index (χ0n) is 22.9. The predicted molar refractivity (Wildman–Crippen MR) is 156 cm³/mol. The summed E-state index contributed by atoms with van der Waals surface area (Å²) in [5, 5.41) is 5.54. The van der Waals surface area contributed by atoms with Gasteiger partial charge in [-0.1, -0.05) is 84.4 Å². The number of nitrogens with one attached hydrogen (secondary N) is 2. The number of aromatic nitrogens is 2. The molecule has 5 aromatic rings. The van der Waals surface area contributed by atoms with Gasteiger partial charge >= 0.3 is 6.18 Å². The second kappa shape index (κ2) is 11.7. The van der Waals surface area contributed by atoms with E-state index in [1.807, 2.05) is 31.2 Å². The zero-order valence-corrected chi connectivity index (χ0v) is 22.9. The molecule has 212 valence electrons. The van der Waals surface area contributed by atoms with Crippen LogP contribution in [0.4, 0.5) is 19.0 Å². The number of carbonyl (C=O) groups is 2. The Bertz CT molecular complexity index is 1720. The molecule has 0 saturated carbocycles. The highest BCUT2D eigenvalue weighted by Gasteiger charge is 2.30. The molecule has 4 aromatic carbocycles. The summed E-state index contributed by atoms with van der Waals surface area (Å²) >= 11 is 0. The molecular formula is C33H27F3N4O2. The van der Waals surface area contributed by atoms with Gasteiger partial charge in [0.2, 0.25) is 5.82 Å². The van der Waals surface area contributed by atoms with Crippen molar-refractivity contribution in [2.24, 2.45) is 7.05 Å². The van der Waals surface area contributed by atoms with Crippen LogP contribution >= 0.6 is 0 Å². The number of hydrogen-bond donors (Lipinski definition) is 2. The summed E-state index contributed by atoms with van der Waals surface area (Å²) in [6, 6.07) is 27.4. The molecule has 0 aliphatic carbocycles. The third kappa shape index (κ3) is 6.41. The highest BCUT2D eigenvalue weighted by Crippen LogP contribution is 2.32. The maximum absolute atomic E-state index is 13.1. The maximum Gasteiger partial charge on any atom is 0.416 e. The van der Waals surface area contributed by atoms with Crippen molar-refractivity contribution in [3.63, 3.8) is 0 Å². The van der Waals surface area contributed by atoms with Crippen LogP contribution in [0.1, 0.15) is 37.7 Å². The monoisotopic (exact) mass is 568 g/mol. The maximum atomic E-state index is 13.1. The molecule has 0 atom stereocenters. The Morgan fingerprint density at radius 2 is 1.38 bits per heavy atom. The number of anilines is 1. The van der Waals surface area contributed by atoms with Gasteiger partial charge in [0.05, 0.1) is 5.56 Å². The molecule has 1 aromatic heterocycles. The predicted octanol–water partition coefficient (Wildman–Crippen LogP) is 7.26. The molecule has 0 fully saturated rings. The van der Waals surface area contributed by atoms with Gasteiger partial charge in [0.15, 0.2) is 5.82 Å². The van der Waals surface area contributed by atoms with Crippen molar-refractivity contribution < 1.29 is 22.8 Å². The van der Waals surface area contributed by atoms with Crippen LogP contribution in [0.2, 0.25) is 0 Å². The molecule has 5 rings (SSSR count). The third-order valence-corrected chi connectivity index (χ3v) is 6.81. The van der Waals surface area contributed by atoms with E-state index in [9.17, 15) is 22.8 Å². The molecule has 9 heteroatoms. The van der Waals surface area contributed by atoms with Crippen LogP contribution in [-0.2, 0) is 19.8 Å². The SMILES string of the molecule is Cc1ccc(-c2ccc(CNC(=O)c3nc(NC(=O)c4ccccc4-c4ccc(C(F)(F)F)cc4)cn3C)cc2)cc1. The minimum Gasteiger partial charge on any atom is -0.345 e. The van der Waals surface area contributed by atoms with Crippen molar-refractivity contribution in [1.29, 1.82) is 0 Å². The Kier molecular flexibility index (Phi) is 7.93. The lowest BCUT2D eigenvalue weighted by molar-refractivity contribution is -0.137. The fourth-order valence-electron chi connectivity index (χ4n) is 4.52. The summed E-state index contributed by atoms with van der Waals surface area (Å²) in [4.78, 5) is 30.3. The summed E-state index contributed by atoms with van der Waals surface area (Å²) in [6.45, 7) is 2.34. The molecule has 0 unspecified atom stereocenters. The van der Waals surface area contributed by atoms with Crippen molar-refractivity contribution in [1.82, 2.24) is 14.9 Å². The van der Waals surface area contributed by atoms with Crippen molar-refractivity contribution in [3.05, 3.63) is 131 Å².